The molecule has 0 fully saturated rings. The third-order valence-electron chi connectivity index (χ3n) is 3.16. The van der Waals surface area contributed by atoms with E-state index in [9.17, 15) is 48.3 Å². The van der Waals surface area contributed by atoms with Crippen LogP contribution in [0.4, 0.5) is 35.1 Å². The number of hydrogen-bond donors (Lipinski definition) is 2. The molecule has 0 aromatic heterocycles. The smallest absolute Gasteiger partial charge is 0.430 e. The second-order valence-electron chi connectivity index (χ2n) is 5.27. The minimum absolute atomic E-state index is 0.728. The first kappa shape index (κ1) is 26.5. The van der Waals surface area contributed by atoms with Crippen LogP contribution in [0.1, 0.15) is 13.3 Å². The summed E-state index contributed by atoms with van der Waals surface area (Å²) >= 11 is 0. The van der Waals surface area contributed by atoms with Crippen molar-refractivity contribution in [1.29, 1.82) is 0 Å². The first-order valence-electron chi connectivity index (χ1n) is 6.89. The molecule has 166 valence electrons. The molecule has 16 heteroatoms. The minimum atomic E-state index is -6.29. The van der Waals surface area contributed by atoms with E-state index in [-0.39, 0.29) is 0 Å². The molecule has 0 aliphatic carbocycles. The molecule has 0 heterocycles. The lowest BCUT2D eigenvalue weighted by molar-refractivity contribution is -0.391. The Bertz CT molecular complexity index is 669. The molecule has 0 aromatic carbocycles. The fraction of sp³-hybridized carbons (Fsp3) is 0.750. The van der Waals surface area contributed by atoms with E-state index in [0.29, 0.717) is 0 Å². The van der Waals surface area contributed by atoms with Crippen LogP contribution >= 0.6 is 0 Å². The van der Waals surface area contributed by atoms with Gasteiger partial charge in [-0.25, -0.2) is 4.79 Å². The Kier molecular flexibility index (Phi) is 8.00. The fourth-order valence-corrected chi connectivity index (χ4v) is 1.86. The van der Waals surface area contributed by atoms with E-state index >= 15 is 0 Å². The van der Waals surface area contributed by atoms with Gasteiger partial charge in [0, 0.05) is 0 Å². The maximum Gasteiger partial charge on any atom is 0.430 e. The van der Waals surface area contributed by atoms with E-state index in [0.717, 1.165) is 6.92 Å². The number of aliphatic hydroxyl groups is 1. The molecular formula is C12H14F8O7S. The number of hydrogen-bond acceptors (Lipinski definition) is 6. The van der Waals surface area contributed by atoms with Gasteiger partial charge in [-0.05, 0) is 6.42 Å². The summed E-state index contributed by atoms with van der Waals surface area (Å²) in [5.74, 6) is -1.96. The zero-order chi connectivity index (χ0) is 22.8. The van der Waals surface area contributed by atoms with Crippen LogP contribution in [0, 0.1) is 0 Å². The van der Waals surface area contributed by atoms with Crippen LogP contribution in [0.15, 0.2) is 12.2 Å². The average Bonchev–Trinajstić information content (AvgIpc) is 2.47. The number of alkyl halides is 8. The maximum atomic E-state index is 12.9. The highest BCUT2D eigenvalue weighted by molar-refractivity contribution is 7.86. The minimum Gasteiger partial charge on any atom is -0.455 e. The number of halogens is 8. The number of ether oxygens (including phenoxy) is 2. The molecule has 0 radical (unpaired) electrons. The van der Waals surface area contributed by atoms with Gasteiger partial charge in [0.05, 0.1) is 12.2 Å². The Hall–Kier alpha value is -1.52. The molecule has 0 aliphatic rings. The fourth-order valence-electron chi connectivity index (χ4n) is 1.63. The number of carbonyl (C=O) groups is 1. The molecule has 0 bridgehead atoms. The van der Waals surface area contributed by atoms with Gasteiger partial charge in [0.2, 0.25) is 0 Å². The molecule has 0 aromatic rings. The Morgan fingerprint density at radius 2 is 1.50 bits per heavy atom. The van der Waals surface area contributed by atoms with Gasteiger partial charge in [-0.1, -0.05) is 13.5 Å². The van der Waals surface area contributed by atoms with Crippen LogP contribution in [0.2, 0.25) is 0 Å². The standard InChI is InChI=1S/C12H14F8O7S/c1-3-7(10(22,11(15,16)17)12(18,19)20)27-8(21)6(2)4-26-5-9(13,14)28(23,24)25/h7,22H,2-5H2,1H3,(H,23,24,25). The lowest BCUT2D eigenvalue weighted by atomic mass is 9.93. The summed E-state index contributed by atoms with van der Waals surface area (Å²) in [6.45, 7) is 0.254. The van der Waals surface area contributed by atoms with E-state index in [1.54, 1.807) is 0 Å². The van der Waals surface area contributed by atoms with Crippen LogP contribution in [0.25, 0.3) is 0 Å². The summed E-state index contributed by atoms with van der Waals surface area (Å²) in [5, 5.41) is 4.36. The Morgan fingerprint density at radius 1 is 1.07 bits per heavy atom. The second kappa shape index (κ2) is 8.46. The SMILES string of the molecule is C=C(COCC(F)(F)S(=O)(=O)O)C(=O)OC(CC)C(O)(C(F)(F)F)C(F)(F)F. The molecule has 2 N–H and O–H groups in total. The van der Waals surface area contributed by atoms with Crippen LogP contribution in [0.3, 0.4) is 0 Å². The molecule has 28 heavy (non-hydrogen) atoms. The van der Waals surface area contributed by atoms with Crippen molar-refractivity contribution < 1.29 is 67.5 Å². The molecule has 0 spiro atoms. The summed E-state index contributed by atoms with van der Waals surface area (Å²) in [6, 6.07) is 0. The van der Waals surface area contributed by atoms with Crippen LogP contribution in [-0.2, 0) is 24.4 Å². The highest BCUT2D eigenvalue weighted by Gasteiger charge is 2.75. The molecule has 0 saturated carbocycles. The van der Waals surface area contributed by atoms with Gasteiger partial charge in [0.15, 0.2) is 0 Å². The predicted octanol–water partition coefficient (Wildman–Crippen LogP) is 2.22. The van der Waals surface area contributed by atoms with Crippen molar-refractivity contribution in [3.8, 4) is 0 Å². The van der Waals surface area contributed by atoms with Gasteiger partial charge < -0.3 is 14.6 Å². The Balaban J connectivity index is 5.23. The molecule has 1 unspecified atom stereocenters. The van der Waals surface area contributed by atoms with E-state index in [1.807, 2.05) is 0 Å². The lowest BCUT2D eigenvalue weighted by Gasteiger charge is -2.37. The topological polar surface area (TPSA) is 110 Å². The second-order valence-corrected chi connectivity index (χ2v) is 6.82. The van der Waals surface area contributed by atoms with Crippen molar-refractivity contribution >= 4 is 16.1 Å². The zero-order valence-corrected chi connectivity index (χ0v) is 14.6. The first-order chi connectivity index (χ1) is 12.2. The van der Waals surface area contributed by atoms with Gasteiger partial charge in [0.1, 0.15) is 12.7 Å². The highest BCUT2D eigenvalue weighted by Crippen LogP contribution is 2.47. The summed E-state index contributed by atoms with van der Waals surface area (Å²) in [4.78, 5) is 11.6. The molecule has 7 nitrogen and oxygen atoms in total. The van der Waals surface area contributed by atoms with E-state index in [1.165, 1.54) is 0 Å². The van der Waals surface area contributed by atoms with Crippen molar-refractivity contribution in [2.45, 2.75) is 42.7 Å². The first-order valence-corrected chi connectivity index (χ1v) is 8.33. The molecular weight excluding hydrogens is 440 g/mol. The number of rotatable bonds is 9. The van der Waals surface area contributed by atoms with Crippen LogP contribution in [0.5, 0.6) is 0 Å². The van der Waals surface area contributed by atoms with Crippen LogP contribution in [-0.4, -0.2) is 66.6 Å². The zero-order valence-electron chi connectivity index (χ0n) is 13.8. The Labute approximate surface area is 152 Å². The molecule has 1 atom stereocenters. The van der Waals surface area contributed by atoms with Crippen LogP contribution < -0.4 is 0 Å². The normalized spacial score (nSPS) is 15.2. The van der Waals surface area contributed by atoms with Crippen molar-refractivity contribution in [2.75, 3.05) is 13.2 Å². The van der Waals surface area contributed by atoms with Gasteiger partial charge >= 0.3 is 33.7 Å². The number of carbonyl (C=O) groups excluding carboxylic acids is 1. The van der Waals surface area contributed by atoms with Gasteiger partial charge in [-0.3, -0.25) is 4.55 Å². The van der Waals surface area contributed by atoms with Crippen molar-refractivity contribution in [3.05, 3.63) is 12.2 Å². The third kappa shape index (κ3) is 5.74. The summed E-state index contributed by atoms with van der Waals surface area (Å²) in [5.41, 5.74) is -6.50. The lowest BCUT2D eigenvalue weighted by Crippen LogP contribution is -2.65. The molecule has 0 aliphatic heterocycles. The summed E-state index contributed by atoms with van der Waals surface area (Å²) < 4.78 is 139. The van der Waals surface area contributed by atoms with Crippen molar-refractivity contribution in [3.63, 3.8) is 0 Å². The quantitative estimate of drug-likeness (QED) is 0.238. The largest absolute Gasteiger partial charge is 0.455 e. The average molecular weight is 454 g/mol. The Morgan fingerprint density at radius 3 is 1.82 bits per heavy atom. The summed E-state index contributed by atoms with van der Waals surface area (Å²) in [6.07, 6.45) is -16.9. The molecule has 0 saturated heterocycles. The third-order valence-corrected chi connectivity index (χ3v) is 4.04. The van der Waals surface area contributed by atoms with Gasteiger partial charge in [0.25, 0.3) is 5.60 Å². The number of esters is 1. The van der Waals surface area contributed by atoms with E-state index in [2.05, 4.69) is 16.1 Å². The molecule has 0 amide bonds. The van der Waals surface area contributed by atoms with E-state index in [4.69, 9.17) is 9.66 Å². The maximum absolute atomic E-state index is 12.9. The van der Waals surface area contributed by atoms with Gasteiger partial charge in [-0.15, -0.1) is 0 Å². The van der Waals surface area contributed by atoms with Gasteiger partial charge in [-0.2, -0.15) is 43.5 Å². The monoisotopic (exact) mass is 454 g/mol. The van der Waals surface area contributed by atoms with Crippen molar-refractivity contribution in [2.24, 2.45) is 0 Å². The molecule has 0 rings (SSSR count). The van der Waals surface area contributed by atoms with Crippen molar-refractivity contribution in [1.82, 2.24) is 0 Å². The highest BCUT2D eigenvalue weighted by atomic mass is 32.2. The van der Waals surface area contributed by atoms with E-state index < -0.39 is 70.6 Å². The summed E-state index contributed by atoms with van der Waals surface area (Å²) in [7, 11) is -5.88. The predicted molar refractivity (Wildman–Crippen MR) is 73.7 cm³/mol.